The van der Waals surface area contributed by atoms with Gasteiger partial charge in [0, 0.05) is 20.1 Å². The van der Waals surface area contributed by atoms with Crippen molar-refractivity contribution in [1.82, 2.24) is 4.90 Å². The summed E-state index contributed by atoms with van der Waals surface area (Å²) in [7, 11) is 1.78. The highest BCUT2D eigenvalue weighted by molar-refractivity contribution is 5.84. The predicted molar refractivity (Wildman–Crippen MR) is 63.5 cm³/mol. The van der Waals surface area contributed by atoms with Crippen molar-refractivity contribution in [3.63, 3.8) is 0 Å². The summed E-state index contributed by atoms with van der Waals surface area (Å²) in [6, 6.07) is 0.195. The van der Waals surface area contributed by atoms with Gasteiger partial charge in [-0.3, -0.25) is 9.69 Å². The van der Waals surface area contributed by atoms with Gasteiger partial charge in [0.1, 0.15) is 5.78 Å². The van der Waals surface area contributed by atoms with Crippen LogP contribution in [0.2, 0.25) is 0 Å². The largest absolute Gasteiger partial charge is 0.380 e. The number of hydrogen-bond acceptors (Lipinski definition) is 3. The van der Waals surface area contributed by atoms with Gasteiger partial charge in [-0.1, -0.05) is 12.8 Å². The molecule has 1 aliphatic carbocycles. The van der Waals surface area contributed by atoms with Crippen LogP contribution in [0.4, 0.5) is 0 Å². The van der Waals surface area contributed by atoms with Crippen molar-refractivity contribution in [2.75, 3.05) is 20.2 Å². The lowest BCUT2D eigenvalue weighted by Gasteiger charge is -2.36. The summed E-state index contributed by atoms with van der Waals surface area (Å²) < 4.78 is 5.43. The first kappa shape index (κ1) is 12.1. The monoisotopic (exact) mass is 225 g/mol. The van der Waals surface area contributed by atoms with Crippen LogP contribution in [-0.2, 0) is 9.53 Å². The number of rotatable bonds is 2. The Bertz CT molecular complexity index is 242. The van der Waals surface area contributed by atoms with E-state index in [1.807, 2.05) is 0 Å². The normalized spacial score (nSPS) is 33.7. The molecule has 2 rings (SSSR count). The number of nitrogens with zero attached hydrogens (tertiary/aromatic N) is 1. The summed E-state index contributed by atoms with van der Waals surface area (Å²) in [6.07, 6.45) is 8.04. The fourth-order valence-electron chi connectivity index (χ4n) is 2.97. The van der Waals surface area contributed by atoms with Crippen molar-refractivity contribution in [2.24, 2.45) is 0 Å². The number of hydrogen-bond donors (Lipinski definition) is 0. The summed E-state index contributed by atoms with van der Waals surface area (Å²) in [6.45, 7) is 2.03. The van der Waals surface area contributed by atoms with E-state index in [0.29, 0.717) is 11.9 Å². The van der Waals surface area contributed by atoms with Gasteiger partial charge in [-0.15, -0.1) is 0 Å². The molecule has 92 valence electrons. The number of ether oxygens (including phenoxy) is 1. The molecule has 0 bridgehead atoms. The zero-order chi connectivity index (χ0) is 11.4. The molecule has 16 heavy (non-hydrogen) atoms. The van der Waals surface area contributed by atoms with Crippen molar-refractivity contribution in [1.29, 1.82) is 0 Å². The fraction of sp³-hybridized carbons (Fsp3) is 0.923. The summed E-state index contributed by atoms with van der Waals surface area (Å²) in [4.78, 5) is 14.4. The van der Waals surface area contributed by atoms with Gasteiger partial charge in [-0.25, -0.2) is 0 Å². The summed E-state index contributed by atoms with van der Waals surface area (Å²) in [5.74, 6) is 0.467. The van der Waals surface area contributed by atoms with Crippen LogP contribution in [0.5, 0.6) is 0 Å². The van der Waals surface area contributed by atoms with Crippen LogP contribution in [-0.4, -0.2) is 43.0 Å². The average molecular weight is 225 g/mol. The minimum Gasteiger partial charge on any atom is -0.380 e. The van der Waals surface area contributed by atoms with Gasteiger partial charge in [-0.05, 0) is 32.2 Å². The number of carbonyl (C=O) groups excluding carboxylic acids is 1. The standard InChI is InChI=1S/C13H23NO2/c1-16-11-6-5-9-14(10-11)12-7-3-2-4-8-13(12)15/h11-12H,2-10H2,1H3. The quantitative estimate of drug-likeness (QED) is 0.673. The van der Waals surface area contributed by atoms with E-state index < -0.39 is 0 Å². The Balaban J connectivity index is 1.95. The van der Waals surface area contributed by atoms with Crippen LogP contribution in [0.3, 0.4) is 0 Å². The average Bonchev–Trinajstić information content (AvgIpc) is 2.54. The first-order valence-corrected chi connectivity index (χ1v) is 6.61. The third-order valence-electron chi connectivity index (χ3n) is 3.96. The van der Waals surface area contributed by atoms with Crippen LogP contribution in [0.1, 0.15) is 44.9 Å². The van der Waals surface area contributed by atoms with Crippen molar-refractivity contribution in [2.45, 2.75) is 57.1 Å². The van der Waals surface area contributed by atoms with Crippen LogP contribution in [0.25, 0.3) is 0 Å². The highest BCUT2D eigenvalue weighted by atomic mass is 16.5. The van der Waals surface area contributed by atoms with Crippen LogP contribution in [0, 0.1) is 0 Å². The van der Waals surface area contributed by atoms with Gasteiger partial charge in [0.15, 0.2) is 0 Å². The van der Waals surface area contributed by atoms with Crippen LogP contribution >= 0.6 is 0 Å². The minimum absolute atomic E-state index is 0.195. The second-order valence-corrected chi connectivity index (χ2v) is 5.08. The first-order valence-electron chi connectivity index (χ1n) is 6.61. The lowest BCUT2D eigenvalue weighted by Crippen LogP contribution is -2.48. The SMILES string of the molecule is COC1CCCN(C2CCCCCC2=O)C1. The van der Waals surface area contributed by atoms with Crippen molar-refractivity contribution in [3.05, 3.63) is 0 Å². The lowest BCUT2D eigenvalue weighted by molar-refractivity contribution is -0.125. The van der Waals surface area contributed by atoms with E-state index in [-0.39, 0.29) is 6.04 Å². The van der Waals surface area contributed by atoms with Crippen LogP contribution in [0.15, 0.2) is 0 Å². The molecule has 0 aromatic carbocycles. The van der Waals surface area contributed by atoms with Crippen molar-refractivity contribution < 1.29 is 9.53 Å². The van der Waals surface area contributed by atoms with E-state index in [2.05, 4.69) is 4.90 Å². The fourth-order valence-corrected chi connectivity index (χ4v) is 2.97. The maximum absolute atomic E-state index is 12.0. The number of carbonyl (C=O) groups is 1. The zero-order valence-electron chi connectivity index (χ0n) is 10.3. The molecule has 0 N–H and O–H groups in total. The van der Waals surface area contributed by atoms with E-state index in [0.717, 1.165) is 38.8 Å². The predicted octanol–water partition coefficient (Wildman–Crippen LogP) is 2.00. The minimum atomic E-state index is 0.195. The molecular weight excluding hydrogens is 202 g/mol. The molecule has 0 aromatic heterocycles. The van der Waals surface area contributed by atoms with Gasteiger partial charge in [0.25, 0.3) is 0 Å². The number of methoxy groups -OCH3 is 1. The highest BCUT2D eigenvalue weighted by Crippen LogP contribution is 2.23. The summed E-state index contributed by atoms with van der Waals surface area (Å²) >= 11 is 0. The topological polar surface area (TPSA) is 29.5 Å². The number of Topliss-reactive ketones (excluding diaryl/α,β-unsaturated/α-hetero) is 1. The molecule has 2 unspecified atom stereocenters. The lowest BCUT2D eigenvalue weighted by atomic mass is 10.0. The molecule has 0 spiro atoms. The molecule has 2 fully saturated rings. The molecule has 3 heteroatoms. The maximum atomic E-state index is 12.0. The molecular formula is C13H23NO2. The molecule has 3 nitrogen and oxygen atoms in total. The Morgan fingerprint density at radius 3 is 2.88 bits per heavy atom. The molecule has 1 saturated heterocycles. The smallest absolute Gasteiger partial charge is 0.149 e. The second kappa shape index (κ2) is 5.78. The molecule has 1 heterocycles. The van der Waals surface area contributed by atoms with Gasteiger partial charge < -0.3 is 4.74 Å². The number of likely N-dealkylation sites (tertiary alicyclic amines) is 1. The van der Waals surface area contributed by atoms with Crippen molar-refractivity contribution in [3.8, 4) is 0 Å². The molecule has 2 atom stereocenters. The molecule has 0 amide bonds. The molecule has 2 aliphatic rings. The Labute approximate surface area is 98.1 Å². The zero-order valence-corrected chi connectivity index (χ0v) is 10.3. The second-order valence-electron chi connectivity index (χ2n) is 5.08. The van der Waals surface area contributed by atoms with Gasteiger partial charge in [0.05, 0.1) is 12.1 Å². The number of ketones is 1. The molecule has 1 aliphatic heterocycles. The Morgan fingerprint density at radius 2 is 2.06 bits per heavy atom. The third kappa shape index (κ3) is 2.83. The van der Waals surface area contributed by atoms with E-state index in [1.54, 1.807) is 7.11 Å². The van der Waals surface area contributed by atoms with Gasteiger partial charge in [-0.2, -0.15) is 0 Å². The Kier molecular flexibility index (Phi) is 4.36. The Hall–Kier alpha value is -0.410. The van der Waals surface area contributed by atoms with Gasteiger partial charge in [0.2, 0.25) is 0 Å². The first-order chi connectivity index (χ1) is 7.81. The maximum Gasteiger partial charge on any atom is 0.149 e. The van der Waals surface area contributed by atoms with E-state index in [4.69, 9.17) is 4.74 Å². The highest BCUT2D eigenvalue weighted by Gasteiger charge is 2.30. The summed E-state index contributed by atoms with van der Waals surface area (Å²) in [5, 5.41) is 0. The third-order valence-corrected chi connectivity index (χ3v) is 3.96. The molecule has 0 radical (unpaired) electrons. The molecule has 0 aromatic rings. The van der Waals surface area contributed by atoms with Crippen LogP contribution < -0.4 is 0 Å². The molecule has 1 saturated carbocycles. The van der Waals surface area contributed by atoms with E-state index >= 15 is 0 Å². The Morgan fingerprint density at radius 1 is 1.19 bits per heavy atom. The number of piperidine rings is 1. The van der Waals surface area contributed by atoms with E-state index in [9.17, 15) is 4.79 Å². The van der Waals surface area contributed by atoms with E-state index in [1.165, 1.54) is 19.3 Å². The van der Waals surface area contributed by atoms with Crippen molar-refractivity contribution >= 4 is 5.78 Å². The summed E-state index contributed by atoms with van der Waals surface area (Å²) in [5.41, 5.74) is 0. The van der Waals surface area contributed by atoms with Gasteiger partial charge >= 0.3 is 0 Å².